The molecule has 0 radical (unpaired) electrons. The van der Waals surface area contributed by atoms with Crippen molar-refractivity contribution < 1.29 is 23.5 Å². The Morgan fingerprint density at radius 1 is 1.27 bits per heavy atom. The Bertz CT molecular complexity index is 1080. The maximum absolute atomic E-state index is 12.7. The monoisotopic (exact) mass is 425 g/mol. The van der Waals surface area contributed by atoms with Gasteiger partial charge in [0, 0.05) is 17.6 Å². The van der Waals surface area contributed by atoms with Crippen LogP contribution in [0.5, 0.6) is 0 Å². The van der Waals surface area contributed by atoms with E-state index in [1.165, 1.54) is 17.6 Å². The summed E-state index contributed by atoms with van der Waals surface area (Å²) < 4.78 is 10.3. The number of carbonyl (C=O) groups is 3. The Kier molecular flexibility index (Phi) is 5.62. The molecule has 1 aliphatic rings. The molecule has 0 aliphatic carbocycles. The first kappa shape index (κ1) is 19.8. The lowest BCUT2D eigenvalue weighted by Crippen LogP contribution is -2.39. The average molecular weight is 425 g/mol. The lowest BCUT2D eigenvalue weighted by atomic mass is 10.2. The van der Waals surface area contributed by atoms with E-state index in [1.807, 2.05) is 24.3 Å². The van der Waals surface area contributed by atoms with Crippen molar-refractivity contribution in [1.82, 2.24) is 4.98 Å². The molecule has 1 aliphatic heterocycles. The second-order valence-corrected chi connectivity index (χ2v) is 7.61. The molecule has 9 heteroatoms. The fourth-order valence-electron chi connectivity index (χ4n) is 3.24. The molecule has 3 heterocycles. The molecule has 4 rings (SSSR count). The molecule has 3 aromatic rings. The highest BCUT2D eigenvalue weighted by atomic mass is 32.1. The topological polar surface area (TPSA) is 102 Å². The minimum absolute atomic E-state index is 0.0959. The van der Waals surface area contributed by atoms with Crippen LogP contribution in [0.3, 0.4) is 0 Å². The lowest BCUT2D eigenvalue weighted by molar-refractivity contribution is -0.153. The van der Waals surface area contributed by atoms with Crippen LogP contribution in [0.2, 0.25) is 0 Å². The van der Waals surface area contributed by atoms with Gasteiger partial charge in [0.2, 0.25) is 0 Å². The van der Waals surface area contributed by atoms with E-state index in [-0.39, 0.29) is 18.1 Å². The van der Waals surface area contributed by atoms with Gasteiger partial charge in [-0.15, -0.1) is 11.3 Å². The zero-order valence-electron chi connectivity index (χ0n) is 16.2. The van der Waals surface area contributed by atoms with Crippen molar-refractivity contribution in [2.24, 2.45) is 0 Å². The number of rotatable bonds is 6. The lowest BCUT2D eigenvalue weighted by Gasteiger charge is -2.21. The third kappa shape index (κ3) is 4.25. The van der Waals surface area contributed by atoms with Gasteiger partial charge in [0.1, 0.15) is 0 Å². The number of nitrogens with zero attached hydrogens (tertiary/aromatic N) is 2. The molecule has 2 aromatic heterocycles. The molecule has 1 N–H and O–H groups in total. The number of carbonyl (C=O) groups excluding carboxylic acids is 3. The van der Waals surface area contributed by atoms with E-state index in [0.29, 0.717) is 17.4 Å². The summed E-state index contributed by atoms with van der Waals surface area (Å²) in [4.78, 5) is 42.8. The second-order valence-electron chi connectivity index (χ2n) is 6.75. The number of amides is 2. The van der Waals surface area contributed by atoms with E-state index in [1.54, 1.807) is 29.3 Å². The summed E-state index contributed by atoms with van der Waals surface area (Å²) >= 11 is 1.19. The number of furan rings is 1. The van der Waals surface area contributed by atoms with Gasteiger partial charge in [-0.05, 0) is 37.1 Å². The third-order valence-corrected chi connectivity index (χ3v) is 5.46. The van der Waals surface area contributed by atoms with Crippen molar-refractivity contribution in [2.45, 2.75) is 25.9 Å². The van der Waals surface area contributed by atoms with Gasteiger partial charge in [-0.2, -0.15) is 0 Å². The summed E-state index contributed by atoms with van der Waals surface area (Å²) in [6.07, 6.45) is 1.19. The SMILES string of the molecule is C[C@H](OC(=O)Cc1csc(NC(=O)c2ccco2)n1)C(=O)N1CCc2ccccc21. The predicted molar refractivity (Wildman–Crippen MR) is 111 cm³/mol. The van der Waals surface area contributed by atoms with Crippen molar-refractivity contribution in [2.75, 3.05) is 16.8 Å². The van der Waals surface area contributed by atoms with Crippen LogP contribution in [0.25, 0.3) is 0 Å². The van der Waals surface area contributed by atoms with Crippen molar-refractivity contribution in [3.05, 3.63) is 65.1 Å². The van der Waals surface area contributed by atoms with Gasteiger partial charge in [-0.25, -0.2) is 4.98 Å². The van der Waals surface area contributed by atoms with E-state index in [9.17, 15) is 14.4 Å². The maximum atomic E-state index is 12.7. The van der Waals surface area contributed by atoms with Gasteiger partial charge in [0.05, 0.1) is 18.4 Å². The van der Waals surface area contributed by atoms with Gasteiger partial charge < -0.3 is 14.1 Å². The molecule has 0 bridgehead atoms. The summed E-state index contributed by atoms with van der Waals surface area (Å²) in [7, 11) is 0. The number of para-hydroxylation sites is 1. The predicted octanol–water partition coefficient (Wildman–Crippen LogP) is 3.05. The summed E-state index contributed by atoms with van der Waals surface area (Å²) in [5, 5.41) is 4.60. The molecular weight excluding hydrogens is 406 g/mol. The number of esters is 1. The van der Waals surface area contributed by atoms with Crippen LogP contribution in [0, 0.1) is 0 Å². The Hall–Kier alpha value is -3.46. The van der Waals surface area contributed by atoms with Crippen LogP contribution >= 0.6 is 11.3 Å². The minimum Gasteiger partial charge on any atom is -0.459 e. The smallest absolute Gasteiger partial charge is 0.312 e. The molecule has 154 valence electrons. The summed E-state index contributed by atoms with van der Waals surface area (Å²) in [6.45, 7) is 2.14. The molecule has 0 saturated heterocycles. The molecule has 0 fully saturated rings. The summed E-state index contributed by atoms with van der Waals surface area (Å²) in [6, 6.07) is 10.9. The van der Waals surface area contributed by atoms with Gasteiger partial charge in [-0.1, -0.05) is 18.2 Å². The van der Waals surface area contributed by atoms with Crippen LogP contribution in [-0.4, -0.2) is 35.4 Å². The standard InChI is InChI=1S/C21H19N3O5S/c1-13(20(27)24-9-8-14-5-2-3-6-16(14)24)29-18(25)11-15-12-30-21(22-15)23-19(26)17-7-4-10-28-17/h2-7,10,12-13H,8-9,11H2,1H3,(H,22,23,26)/t13-/m0/s1. The molecule has 1 aromatic carbocycles. The Morgan fingerprint density at radius 2 is 2.10 bits per heavy atom. The highest BCUT2D eigenvalue weighted by Gasteiger charge is 2.29. The normalized spacial score (nSPS) is 13.6. The van der Waals surface area contributed by atoms with Gasteiger partial charge in [0.15, 0.2) is 17.0 Å². The number of hydrogen-bond donors (Lipinski definition) is 1. The molecule has 0 spiro atoms. The van der Waals surface area contributed by atoms with Gasteiger partial charge in [0.25, 0.3) is 11.8 Å². The van der Waals surface area contributed by atoms with Crippen molar-refractivity contribution in [1.29, 1.82) is 0 Å². The fraction of sp³-hybridized carbons (Fsp3) is 0.238. The average Bonchev–Trinajstić information content (AvgIpc) is 3.48. The number of nitrogens with one attached hydrogen (secondary N) is 1. The third-order valence-electron chi connectivity index (χ3n) is 4.65. The first-order valence-corrected chi connectivity index (χ1v) is 10.3. The number of ether oxygens (including phenoxy) is 1. The van der Waals surface area contributed by atoms with Gasteiger partial charge >= 0.3 is 5.97 Å². The quantitative estimate of drug-likeness (QED) is 0.609. The maximum Gasteiger partial charge on any atom is 0.312 e. The Morgan fingerprint density at radius 3 is 2.90 bits per heavy atom. The molecule has 30 heavy (non-hydrogen) atoms. The molecule has 2 amide bonds. The highest BCUT2D eigenvalue weighted by Crippen LogP contribution is 2.28. The van der Waals surface area contributed by atoms with Crippen molar-refractivity contribution in [3.8, 4) is 0 Å². The number of fused-ring (bicyclic) bond motifs is 1. The van der Waals surface area contributed by atoms with Crippen molar-refractivity contribution >= 4 is 39.9 Å². The first-order chi connectivity index (χ1) is 14.5. The molecule has 0 unspecified atom stereocenters. The molecule has 1 atom stereocenters. The van der Waals surface area contributed by atoms with E-state index in [2.05, 4.69) is 10.3 Å². The van der Waals surface area contributed by atoms with E-state index < -0.39 is 18.0 Å². The second kappa shape index (κ2) is 8.50. The molecular formula is C21H19N3O5S. The fourth-order valence-corrected chi connectivity index (χ4v) is 3.94. The highest BCUT2D eigenvalue weighted by molar-refractivity contribution is 7.14. The molecule has 0 saturated carbocycles. The van der Waals surface area contributed by atoms with Crippen LogP contribution in [0.15, 0.2) is 52.5 Å². The number of benzene rings is 1. The molecule has 8 nitrogen and oxygen atoms in total. The van der Waals surface area contributed by atoms with Crippen LogP contribution in [0.1, 0.15) is 28.7 Å². The number of thiazole rings is 1. The zero-order chi connectivity index (χ0) is 21.1. The number of aromatic nitrogens is 1. The Labute approximate surface area is 176 Å². The largest absolute Gasteiger partial charge is 0.459 e. The zero-order valence-corrected chi connectivity index (χ0v) is 17.0. The van der Waals surface area contributed by atoms with Crippen LogP contribution in [0.4, 0.5) is 10.8 Å². The summed E-state index contributed by atoms with van der Waals surface area (Å²) in [5.74, 6) is -1.06. The van der Waals surface area contributed by atoms with Crippen LogP contribution < -0.4 is 10.2 Å². The first-order valence-electron chi connectivity index (χ1n) is 9.39. The Balaban J connectivity index is 1.31. The number of anilines is 2. The van der Waals surface area contributed by atoms with E-state index in [4.69, 9.17) is 9.15 Å². The minimum atomic E-state index is -0.902. The van der Waals surface area contributed by atoms with Crippen LogP contribution in [-0.2, 0) is 27.2 Å². The van der Waals surface area contributed by atoms with Gasteiger partial charge in [-0.3, -0.25) is 19.7 Å². The summed E-state index contributed by atoms with van der Waals surface area (Å²) in [5.41, 5.74) is 2.42. The van der Waals surface area contributed by atoms with E-state index in [0.717, 1.165) is 17.7 Å². The number of hydrogen-bond acceptors (Lipinski definition) is 7. The van der Waals surface area contributed by atoms with E-state index >= 15 is 0 Å². The van der Waals surface area contributed by atoms with Crippen molar-refractivity contribution in [3.63, 3.8) is 0 Å².